The van der Waals surface area contributed by atoms with Crippen LogP contribution in [-0.2, 0) is 6.54 Å². The van der Waals surface area contributed by atoms with E-state index in [1.165, 1.54) is 25.7 Å². The van der Waals surface area contributed by atoms with Gasteiger partial charge in [-0.25, -0.2) is 0 Å². The minimum absolute atomic E-state index is 0.0751. The minimum Gasteiger partial charge on any atom is -0.478 e. The number of allylic oxidation sites excluding steroid dienone is 1. The highest BCUT2D eigenvalue weighted by Gasteiger charge is 2.37. The Morgan fingerprint density at radius 1 is 1.26 bits per heavy atom. The van der Waals surface area contributed by atoms with Gasteiger partial charge in [-0.05, 0) is 43.5 Å². The molecular formula is C22H22N2O3. The summed E-state index contributed by atoms with van der Waals surface area (Å²) < 4.78 is 12.1. The molecule has 5 nitrogen and oxygen atoms in total. The zero-order valence-corrected chi connectivity index (χ0v) is 15.4. The number of nitrogens with zero attached hydrogens (tertiary/aromatic N) is 2. The molecule has 5 rings (SSSR count). The summed E-state index contributed by atoms with van der Waals surface area (Å²) in [6.45, 7) is 3.32. The van der Waals surface area contributed by atoms with Crippen LogP contribution >= 0.6 is 0 Å². The van der Waals surface area contributed by atoms with Gasteiger partial charge in [0.15, 0.2) is 5.76 Å². The molecule has 2 aromatic rings. The summed E-state index contributed by atoms with van der Waals surface area (Å²) in [6, 6.07) is 8.15. The molecule has 0 amide bonds. The van der Waals surface area contributed by atoms with Crippen molar-refractivity contribution in [1.29, 1.82) is 0 Å². The van der Waals surface area contributed by atoms with Crippen molar-refractivity contribution in [2.75, 3.05) is 6.73 Å². The van der Waals surface area contributed by atoms with E-state index in [9.17, 15) is 4.79 Å². The SMILES string of the molecule is Cc1cc2c(c3c1C(=O)/C(=C/c1ccccn1)O3)CN(C1CCCC1)CO2. The molecule has 0 unspecified atom stereocenters. The first-order chi connectivity index (χ1) is 13.2. The van der Waals surface area contributed by atoms with E-state index in [1.807, 2.05) is 31.2 Å². The number of carbonyl (C=O) groups excluding carboxylic acids is 1. The third-order valence-corrected chi connectivity index (χ3v) is 5.76. The number of pyridine rings is 1. The maximum atomic E-state index is 13.0. The Labute approximate surface area is 158 Å². The van der Waals surface area contributed by atoms with E-state index in [0.29, 0.717) is 35.5 Å². The highest BCUT2D eigenvalue weighted by atomic mass is 16.5. The standard InChI is InChI=1S/C22H22N2O3/c1-14-10-18-17(12-24(13-26-18)16-7-2-3-8-16)22-20(14)21(25)19(27-22)11-15-6-4-5-9-23-15/h4-6,9-11,16H,2-3,7-8,12-13H2,1H3/b19-11-. The molecule has 27 heavy (non-hydrogen) atoms. The summed E-state index contributed by atoms with van der Waals surface area (Å²) in [5.74, 6) is 1.76. The Morgan fingerprint density at radius 3 is 2.89 bits per heavy atom. The third-order valence-electron chi connectivity index (χ3n) is 5.76. The number of ether oxygens (including phenoxy) is 2. The molecule has 2 aliphatic heterocycles. The number of hydrogen-bond acceptors (Lipinski definition) is 5. The fraction of sp³-hybridized carbons (Fsp3) is 0.364. The van der Waals surface area contributed by atoms with Gasteiger partial charge in [-0.2, -0.15) is 0 Å². The minimum atomic E-state index is -0.0751. The number of ketones is 1. The highest BCUT2D eigenvalue weighted by molar-refractivity contribution is 6.15. The monoisotopic (exact) mass is 362 g/mol. The van der Waals surface area contributed by atoms with Crippen molar-refractivity contribution >= 4 is 11.9 Å². The summed E-state index contributed by atoms with van der Waals surface area (Å²) in [5, 5.41) is 0. The van der Waals surface area contributed by atoms with Gasteiger partial charge in [0.25, 0.3) is 0 Å². The Balaban J connectivity index is 1.52. The van der Waals surface area contributed by atoms with Gasteiger partial charge in [0, 0.05) is 24.9 Å². The first kappa shape index (κ1) is 16.5. The van der Waals surface area contributed by atoms with E-state index >= 15 is 0 Å². The molecule has 1 aromatic carbocycles. The van der Waals surface area contributed by atoms with Gasteiger partial charge in [-0.3, -0.25) is 14.7 Å². The van der Waals surface area contributed by atoms with E-state index in [0.717, 1.165) is 23.4 Å². The van der Waals surface area contributed by atoms with Crippen molar-refractivity contribution in [2.45, 2.75) is 45.2 Å². The lowest BCUT2D eigenvalue weighted by molar-refractivity contribution is 0.0567. The van der Waals surface area contributed by atoms with E-state index in [2.05, 4.69) is 9.88 Å². The third kappa shape index (κ3) is 2.82. The van der Waals surface area contributed by atoms with Crippen LogP contribution in [-0.4, -0.2) is 28.4 Å². The molecule has 1 aromatic heterocycles. The second-order valence-corrected chi connectivity index (χ2v) is 7.53. The summed E-state index contributed by atoms with van der Waals surface area (Å²) >= 11 is 0. The quantitative estimate of drug-likeness (QED) is 0.753. The fourth-order valence-electron chi connectivity index (χ4n) is 4.35. The van der Waals surface area contributed by atoms with Gasteiger partial charge >= 0.3 is 0 Å². The number of hydrogen-bond donors (Lipinski definition) is 0. The van der Waals surface area contributed by atoms with E-state index < -0.39 is 0 Å². The van der Waals surface area contributed by atoms with Crippen LogP contribution in [0.25, 0.3) is 6.08 Å². The Kier molecular flexibility index (Phi) is 3.97. The van der Waals surface area contributed by atoms with Crippen LogP contribution in [0.1, 0.15) is 52.9 Å². The van der Waals surface area contributed by atoms with Crippen LogP contribution in [0.3, 0.4) is 0 Å². The molecule has 3 heterocycles. The van der Waals surface area contributed by atoms with Crippen LogP contribution < -0.4 is 9.47 Å². The Bertz CT molecular complexity index is 930. The van der Waals surface area contributed by atoms with E-state index in [-0.39, 0.29) is 5.78 Å². The molecular weight excluding hydrogens is 340 g/mol. The van der Waals surface area contributed by atoms with E-state index in [1.54, 1.807) is 12.3 Å². The smallest absolute Gasteiger partial charge is 0.232 e. The zero-order valence-electron chi connectivity index (χ0n) is 15.4. The van der Waals surface area contributed by atoms with Gasteiger partial charge < -0.3 is 9.47 Å². The highest BCUT2D eigenvalue weighted by Crippen LogP contribution is 2.44. The zero-order chi connectivity index (χ0) is 18.4. The summed E-state index contributed by atoms with van der Waals surface area (Å²) in [4.78, 5) is 19.6. The first-order valence-electron chi connectivity index (χ1n) is 9.59. The predicted octanol–water partition coefficient (Wildman–Crippen LogP) is 4.10. The molecule has 1 fully saturated rings. The van der Waals surface area contributed by atoms with Gasteiger partial charge in [-0.1, -0.05) is 18.9 Å². The molecule has 0 saturated heterocycles. The van der Waals surface area contributed by atoms with Crippen molar-refractivity contribution in [2.24, 2.45) is 0 Å². The average Bonchev–Trinajstić information content (AvgIpc) is 3.32. The van der Waals surface area contributed by atoms with Crippen molar-refractivity contribution in [1.82, 2.24) is 9.88 Å². The molecule has 0 N–H and O–H groups in total. The fourth-order valence-corrected chi connectivity index (χ4v) is 4.35. The Hall–Kier alpha value is -2.66. The maximum Gasteiger partial charge on any atom is 0.232 e. The van der Waals surface area contributed by atoms with Crippen LogP contribution in [0.4, 0.5) is 0 Å². The maximum absolute atomic E-state index is 13.0. The van der Waals surface area contributed by atoms with Crippen LogP contribution in [0.5, 0.6) is 11.5 Å². The molecule has 0 radical (unpaired) electrons. The van der Waals surface area contributed by atoms with E-state index in [4.69, 9.17) is 9.47 Å². The van der Waals surface area contributed by atoms with Gasteiger partial charge in [0.05, 0.1) is 16.8 Å². The molecule has 0 atom stereocenters. The normalized spacial score (nSPS) is 21.1. The molecule has 138 valence electrons. The lowest BCUT2D eigenvalue weighted by Crippen LogP contribution is -2.39. The van der Waals surface area contributed by atoms with Crippen LogP contribution in [0.15, 0.2) is 36.2 Å². The molecule has 0 spiro atoms. The second kappa shape index (κ2) is 6.50. The number of fused-ring (bicyclic) bond motifs is 3. The number of rotatable bonds is 2. The number of aryl methyl sites for hydroxylation is 1. The van der Waals surface area contributed by atoms with Crippen LogP contribution in [0, 0.1) is 6.92 Å². The van der Waals surface area contributed by atoms with Crippen molar-refractivity contribution < 1.29 is 14.3 Å². The lowest BCUT2D eigenvalue weighted by Gasteiger charge is -2.34. The van der Waals surface area contributed by atoms with Gasteiger partial charge in [0.1, 0.15) is 18.2 Å². The van der Waals surface area contributed by atoms with Crippen molar-refractivity contribution in [3.8, 4) is 11.5 Å². The van der Waals surface area contributed by atoms with Crippen molar-refractivity contribution in [3.63, 3.8) is 0 Å². The topological polar surface area (TPSA) is 51.7 Å². The molecule has 3 aliphatic rings. The number of carbonyl (C=O) groups is 1. The summed E-state index contributed by atoms with van der Waals surface area (Å²) in [5.41, 5.74) is 3.26. The molecule has 1 aliphatic carbocycles. The Morgan fingerprint density at radius 2 is 2.11 bits per heavy atom. The van der Waals surface area contributed by atoms with Gasteiger partial charge in [-0.15, -0.1) is 0 Å². The number of Topliss-reactive ketones (excluding diaryl/α,β-unsaturated/α-hetero) is 1. The lowest BCUT2D eigenvalue weighted by atomic mass is 9.98. The molecule has 1 saturated carbocycles. The molecule has 0 bridgehead atoms. The number of benzene rings is 1. The van der Waals surface area contributed by atoms with Crippen molar-refractivity contribution in [3.05, 3.63) is 58.6 Å². The summed E-state index contributed by atoms with van der Waals surface area (Å²) in [7, 11) is 0. The number of aromatic nitrogens is 1. The molecule has 5 heteroatoms. The summed E-state index contributed by atoms with van der Waals surface area (Å²) in [6.07, 6.45) is 8.43. The van der Waals surface area contributed by atoms with Crippen LogP contribution in [0.2, 0.25) is 0 Å². The largest absolute Gasteiger partial charge is 0.478 e. The second-order valence-electron chi connectivity index (χ2n) is 7.53. The average molecular weight is 362 g/mol. The predicted molar refractivity (Wildman–Crippen MR) is 102 cm³/mol. The first-order valence-corrected chi connectivity index (χ1v) is 9.59. The van der Waals surface area contributed by atoms with Gasteiger partial charge in [0.2, 0.25) is 5.78 Å².